The van der Waals surface area contributed by atoms with Crippen molar-refractivity contribution in [3.05, 3.63) is 65.2 Å². The molecule has 24 heavy (non-hydrogen) atoms. The highest BCUT2D eigenvalue weighted by molar-refractivity contribution is 5.90. The molecule has 0 aliphatic rings. The number of rotatable bonds is 6. The SMILES string of the molecule is COc1ccc(C(=O)OCc2ccc(C(=O)OC(C)C)cc2)cc1. The number of esters is 2. The molecule has 0 aromatic heterocycles. The van der Waals surface area contributed by atoms with E-state index in [9.17, 15) is 9.59 Å². The first-order valence-corrected chi connectivity index (χ1v) is 7.60. The summed E-state index contributed by atoms with van der Waals surface area (Å²) in [5, 5.41) is 0. The molecule has 0 N–H and O–H groups in total. The van der Waals surface area contributed by atoms with Crippen molar-refractivity contribution in [2.45, 2.75) is 26.6 Å². The lowest BCUT2D eigenvalue weighted by atomic mass is 10.1. The highest BCUT2D eigenvalue weighted by Gasteiger charge is 2.10. The Morgan fingerprint density at radius 2 is 1.42 bits per heavy atom. The summed E-state index contributed by atoms with van der Waals surface area (Å²) in [5.74, 6) is -0.108. The van der Waals surface area contributed by atoms with E-state index in [0.717, 1.165) is 5.56 Å². The molecule has 5 heteroatoms. The maximum absolute atomic E-state index is 12.0. The van der Waals surface area contributed by atoms with Gasteiger partial charge in [-0.15, -0.1) is 0 Å². The molecule has 0 aliphatic heterocycles. The van der Waals surface area contributed by atoms with Crippen LogP contribution in [0.1, 0.15) is 40.1 Å². The lowest BCUT2D eigenvalue weighted by Crippen LogP contribution is -2.11. The van der Waals surface area contributed by atoms with Crippen LogP contribution in [0.2, 0.25) is 0 Å². The molecule has 126 valence electrons. The zero-order valence-corrected chi connectivity index (χ0v) is 13.9. The van der Waals surface area contributed by atoms with Gasteiger partial charge >= 0.3 is 11.9 Å². The fourth-order valence-electron chi connectivity index (χ4n) is 1.98. The van der Waals surface area contributed by atoms with E-state index in [4.69, 9.17) is 14.2 Å². The largest absolute Gasteiger partial charge is 0.497 e. The van der Waals surface area contributed by atoms with Crippen LogP contribution in [-0.2, 0) is 16.1 Å². The fourth-order valence-corrected chi connectivity index (χ4v) is 1.98. The lowest BCUT2D eigenvalue weighted by Gasteiger charge is -2.09. The minimum absolute atomic E-state index is 0.129. The number of carbonyl (C=O) groups excluding carboxylic acids is 2. The molecule has 0 saturated heterocycles. The molecule has 5 nitrogen and oxygen atoms in total. The van der Waals surface area contributed by atoms with Crippen molar-refractivity contribution < 1.29 is 23.8 Å². The molecule has 2 rings (SSSR count). The van der Waals surface area contributed by atoms with E-state index in [2.05, 4.69) is 0 Å². The Bertz CT molecular complexity index is 687. The third kappa shape index (κ3) is 4.84. The maximum atomic E-state index is 12.0. The molecule has 0 aliphatic carbocycles. The van der Waals surface area contributed by atoms with Crippen LogP contribution in [0.15, 0.2) is 48.5 Å². The molecule has 2 aromatic carbocycles. The summed E-state index contributed by atoms with van der Waals surface area (Å²) in [6, 6.07) is 13.5. The van der Waals surface area contributed by atoms with Gasteiger partial charge in [-0.1, -0.05) is 12.1 Å². The van der Waals surface area contributed by atoms with Gasteiger partial charge in [0.25, 0.3) is 0 Å². The summed E-state index contributed by atoms with van der Waals surface area (Å²) in [4.78, 5) is 23.7. The second kappa shape index (κ2) is 8.15. The normalized spacial score (nSPS) is 10.3. The van der Waals surface area contributed by atoms with Crippen LogP contribution in [-0.4, -0.2) is 25.2 Å². The van der Waals surface area contributed by atoms with Crippen molar-refractivity contribution in [2.24, 2.45) is 0 Å². The number of ether oxygens (including phenoxy) is 3. The number of hydrogen-bond donors (Lipinski definition) is 0. The average Bonchev–Trinajstić information content (AvgIpc) is 2.59. The highest BCUT2D eigenvalue weighted by Crippen LogP contribution is 2.13. The molecular formula is C19H20O5. The first-order chi connectivity index (χ1) is 11.5. The zero-order valence-electron chi connectivity index (χ0n) is 13.9. The van der Waals surface area contributed by atoms with Gasteiger partial charge in [0, 0.05) is 0 Å². The summed E-state index contributed by atoms with van der Waals surface area (Å²) < 4.78 is 15.4. The Morgan fingerprint density at radius 3 is 1.96 bits per heavy atom. The molecule has 0 unspecified atom stereocenters. The Hall–Kier alpha value is -2.82. The average molecular weight is 328 g/mol. The van der Waals surface area contributed by atoms with Gasteiger partial charge in [-0.2, -0.15) is 0 Å². The zero-order chi connectivity index (χ0) is 17.5. The van der Waals surface area contributed by atoms with Gasteiger partial charge in [-0.05, 0) is 55.8 Å². The number of hydrogen-bond acceptors (Lipinski definition) is 5. The Kier molecular flexibility index (Phi) is 5.95. The maximum Gasteiger partial charge on any atom is 0.338 e. The van der Waals surface area contributed by atoms with E-state index >= 15 is 0 Å². The molecule has 0 bridgehead atoms. The molecule has 0 amide bonds. The van der Waals surface area contributed by atoms with Gasteiger partial charge in [-0.25, -0.2) is 9.59 Å². The van der Waals surface area contributed by atoms with Crippen molar-refractivity contribution in [2.75, 3.05) is 7.11 Å². The highest BCUT2D eigenvalue weighted by atomic mass is 16.5. The van der Waals surface area contributed by atoms with Crippen LogP contribution in [0.4, 0.5) is 0 Å². The van der Waals surface area contributed by atoms with Gasteiger partial charge < -0.3 is 14.2 Å². The van der Waals surface area contributed by atoms with Crippen molar-refractivity contribution in [1.29, 1.82) is 0 Å². The minimum Gasteiger partial charge on any atom is -0.497 e. The molecule has 0 heterocycles. The van der Waals surface area contributed by atoms with Crippen LogP contribution in [0, 0.1) is 0 Å². The quantitative estimate of drug-likeness (QED) is 0.758. The first kappa shape index (κ1) is 17.5. The lowest BCUT2D eigenvalue weighted by molar-refractivity contribution is 0.0376. The second-order valence-corrected chi connectivity index (χ2v) is 5.46. The van der Waals surface area contributed by atoms with E-state index in [-0.39, 0.29) is 18.7 Å². The van der Waals surface area contributed by atoms with Crippen molar-refractivity contribution in [3.63, 3.8) is 0 Å². The molecule has 0 saturated carbocycles. The first-order valence-electron chi connectivity index (χ1n) is 7.60. The summed E-state index contributed by atoms with van der Waals surface area (Å²) in [6.07, 6.45) is -0.164. The predicted octanol–water partition coefficient (Wildman–Crippen LogP) is 3.62. The van der Waals surface area contributed by atoms with Crippen molar-refractivity contribution in [1.82, 2.24) is 0 Å². The smallest absolute Gasteiger partial charge is 0.338 e. The Morgan fingerprint density at radius 1 is 0.875 bits per heavy atom. The van der Waals surface area contributed by atoms with Crippen molar-refractivity contribution >= 4 is 11.9 Å². The van der Waals surface area contributed by atoms with Gasteiger partial charge in [0.1, 0.15) is 12.4 Å². The second-order valence-electron chi connectivity index (χ2n) is 5.46. The summed E-state index contributed by atoms with van der Waals surface area (Å²) in [6.45, 7) is 3.72. The third-order valence-electron chi connectivity index (χ3n) is 3.23. The minimum atomic E-state index is -0.416. The molecule has 0 radical (unpaired) electrons. The van der Waals surface area contributed by atoms with Crippen LogP contribution in [0.3, 0.4) is 0 Å². The topological polar surface area (TPSA) is 61.8 Å². The molecule has 0 atom stereocenters. The van der Waals surface area contributed by atoms with Crippen LogP contribution in [0.25, 0.3) is 0 Å². The molecular weight excluding hydrogens is 308 g/mol. The standard InChI is InChI=1S/C19H20O5/c1-13(2)24-19(21)16-6-4-14(5-7-16)12-23-18(20)15-8-10-17(22-3)11-9-15/h4-11,13H,12H2,1-3H3. The van der Waals surface area contributed by atoms with E-state index in [1.54, 1.807) is 69.5 Å². The number of carbonyl (C=O) groups is 2. The monoisotopic (exact) mass is 328 g/mol. The van der Waals surface area contributed by atoms with Crippen LogP contribution in [0.5, 0.6) is 5.75 Å². The van der Waals surface area contributed by atoms with Crippen molar-refractivity contribution in [3.8, 4) is 5.75 Å². The summed E-state index contributed by atoms with van der Waals surface area (Å²) >= 11 is 0. The fraction of sp³-hybridized carbons (Fsp3) is 0.263. The van der Waals surface area contributed by atoms with Gasteiger partial charge in [0.15, 0.2) is 0 Å². The van der Waals surface area contributed by atoms with Crippen LogP contribution >= 0.6 is 0 Å². The summed E-state index contributed by atoms with van der Waals surface area (Å²) in [5.41, 5.74) is 1.71. The van der Waals surface area contributed by atoms with E-state index in [1.165, 1.54) is 0 Å². The molecule has 2 aromatic rings. The number of methoxy groups -OCH3 is 1. The van der Waals surface area contributed by atoms with E-state index in [1.807, 2.05) is 0 Å². The predicted molar refractivity (Wildman–Crippen MR) is 89.1 cm³/mol. The molecule has 0 spiro atoms. The third-order valence-corrected chi connectivity index (χ3v) is 3.23. The number of benzene rings is 2. The summed E-state index contributed by atoms with van der Waals surface area (Å²) in [7, 11) is 1.56. The molecule has 0 fully saturated rings. The van der Waals surface area contributed by atoms with Gasteiger partial charge in [-0.3, -0.25) is 0 Å². The van der Waals surface area contributed by atoms with E-state index in [0.29, 0.717) is 16.9 Å². The van der Waals surface area contributed by atoms with Gasteiger partial charge in [0.05, 0.1) is 24.3 Å². The van der Waals surface area contributed by atoms with E-state index < -0.39 is 5.97 Å². The van der Waals surface area contributed by atoms with Gasteiger partial charge in [0.2, 0.25) is 0 Å². The van der Waals surface area contributed by atoms with Crippen LogP contribution < -0.4 is 4.74 Å². The Balaban J connectivity index is 1.91. The Labute approximate surface area is 141 Å².